The summed E-state index contributed by atoms with van der Waals surface area (Å²) < 4.78 is 0. The Kier molecular flexibility index (Phi) is 7.39. The predicted molar refractivity (Wildman–Crippen MR) is 72.3 cm³/mol. The van der Waals surface area contributed by atoms with Crippen molar-refractivity contribution < 1.29 is 4.79 Å². The third-order valence-electron chi connectivity index (χ3n) is 3.36. The van der Waals surface area contributed by atoms with Crippen LogP contribution in [-0.4, -0.2) is 29.9 Å². The molecule has 0 saturated heterocycles. The van der Waals surface area contributed by atoms with E-state index < -0.39 is 5.41 Å². The van der Waals surface area contributed by atoms with Gasteiger partial charge in [-0.1, -0.05) is 20.3 Å². The van der Waals surface area contributed by atoms with E-state index in [4.69, 9.17) is 5.84 Å². The van der Waals surface area contributed by atoms with Crippen molar-refractivity contribution in [3.05, 3.63) is 0 Å². The Morgan fingerprint density at radius 3 is 2.41 bits per heavy atom. The molecule has 0 aliphatic carbocycles. The number of nitrogens with zero attached hydrogens (tertiary/aromatic N) is 1. The van der Waals surface area contributed by atoms with Gasteiger partial charge in [-0.05, 0) is 40.2 Å². The second-order valence-electron chi connectivity index (χ2n) is 5.44. The minimum absolute atomic E-state index is 0.0951. The van der Waals surface area contributed by atoms with Gasteiger partial charge in [0.25, 0.3) is 0 Å². The van der Waals surface area contributed by atoms with Crippen LogP contribution in [0, 0.1) is 5.41 Å². The molecule has 0 aromatic heterocycles. The van der Waals surface area contributed by atoms with Gasteiger partial charge >= 0.3 is 0 Å². The molecule has 1 unspecified atom stereocenters. The average Bonchev–Trinajstić information content (AvgIpc) is 2.32. The highest BCUT2D eigenvalue weighted by atomic mass is 16.2. The monoisotopic (exact) mass is 243 g/mol. The molecule has 0 rings (SSSR count). The van der Waals surface area contributed by atoms with Gasteiger partial charge < -0.3 is 0 Å². The van der Waals surface area contributed by atoms with Gasteiger partial charge in [-0.2, -0.15) is 0 Å². The van der Waals surface area contributed by atoms with Gasteiger partial charge in [-0.25, -0.2) is 5.84 Å². The molecule has 4 heteroatoms. The largest absolute Gasteiger partial charge is 0.300 e. The highest BCUT2D eigenvalue weighted by Gasteiger charge is 2.30. The minimum atomic E-state index is -0.439. The summed E-state index contributed by atoms with van der Waals surface area (Å²) in [6.07, 6.45) is 3.45. The lowest BCUT2D eigenvalue weighted by Gasteiger charge is -2.35. The van der Waals surface area contributed by atoms with Crippen LogP contribution in [0.25, 0.3) is 0 Å². The Hall–Kier alpha value is -0.610. The zero-order valence-corrected chi connectivity index (χ0v) is 12.0. The summed E-state index contributed by atoms with van der Waals surface area (Å²) in [7, 11) is 0. The Morgan fingerprint density at radius 2 is 2.00 bits per heavy atom. The first-order valence-electron chi connectivity index (χ1n) is 6.64. The van der Waals surface area contributed by atoms with E-state index in [2.05, 4.69) is 31.1 Å². The standard InChI is InChI=1S/C13H29N3O/c1-6-8-9-16(11(3)7-2)10-13(4,5)12(17)15-14/h11H,6-10,14H2,1-5H3,(H,15,17). The maximum absolute atomic E-state index is 11.7. The lowest BCUT2D eigenvalue weighted by molar-refractivity contribution is -0.130. The number of rotatable bonds is 8. The van der Waals surface area contributed by atoms with Crippen LogP contribution >= 0.6 is 0 Å². The van der Waals surface area contributed by atoms with Gasteiger partial charge in [0.1, 0.15) is 0 Å². The van der Waals surface area contributed by atoms with Gasteiger partial charge in [0.15, 0.2) is 0 Å². The molecule has 0 aromatic rings. The van der Waals surface area contributed by atoms with Gasteiger partial charge in [0.2, 0.25) is 5.91 Å². The molecule has 0 spiro atoms. The number of nitrogens with one attached hydrogen (secondary N) is 1. The molecule has 4 nitrogen and oxygen atoms in total. The number of hydrogen-bond acceptors (Lipinski definition) is 3. The molecule has 102 valence electrons. The van der Waals surface area contributed by atoms with E-state index in [9.17, 15) is 4.79 Å². The van der Waals surface area contributed by atoms with Crippen molar-refractivity contribution in [2.45, 2.75) is 59.9 Å². The fourth-order valence-corrected chi connectivity index (χ4v) is 1.85. The van der Waals surface area contributed by atoms with Crippen LogP contribution in [0.1, 0.15) is 53.9 Å². The van der Waals surface area contributed by atoms with Crippen molar-refractivity contribution in [1.82, 2.24) is 10.3 Å². The molecule has 0 radical (unpaired) electrons. The molecule has 0 heterocycles. The Morgan fingerprint density at radius 1 is 1.41 bits per heavy atom. The zero-order chi connectivity index (χ0) is 13.5. The first-order valence-corrected chi connectivity index (χ1v) is 6.64. The van der Waals surface area contributed by atoms with E-state index in [0.717, 1.165) is 19.5 Å². The third kappa shape index (κ3) is 5.50. The number of hydrogen-bond donors (Lipinski definition) is 2. The van der Waals surface area contributed by atoms with Crippen molar-refractivity contribution >= 4 is 5.91 Å². The second-order valence-corrected chi connectivity index (χ2v) is 5.44. The van der Waals surface area contributed by atoms with Crippen molar-refractivity contribution in [3.63, 3.8) is 0 Å². The summed E-state index contributed by atoms with van der Waals surface area (Å²) in [5.41, 5.74) is 1.82. The Labute approximate surface area is 106 Å². The van der Waals surface area contributed by atoms with E-state index >= 15 is 0 Å². The smallest absolute Gasteiger partial charge is 0.240 e. The van der Waals surface area contributed by atoms with Crippen molar-refractivity contribution in [1.29, 1.82) is 0 Å². The van der Waals surface area contributed by atoms with Gasteiger partial charge in [-0.15, -0.1) is 0 Å². The van der Waals surface area contributed by atoms with E-state index in [1.54, 1.807) is 0 Å². The van der Waals surface area contributed by atoms with Gasteiger partial charge in [-0.3, -0.25) is 15.1 Å². The number of carbonyl (C=O) groups excluding carboxylic acids is 1. The molecule has 1 amide bonds. The zero-order valence-electron chi connectivity index (χ0n) is 12.0. The number of amides is 1. The molecular formula is C13H29N3O. The van der Waals surface area contributed by atoms with Crippen molar-refractivity contribution in [2.75, 3.05) is 13.1 Å². The molecule has 1 atom stereocenters. The fourth-order valence-electron chi connectivity index (χ4n) is 1.85. The lowest BCUT2D eigenvalue weighted by Crippen LogP contribution is -2.49. The van der Waals surface area contributed by atoms with Crippen LogP contribution in [0.3, 0.4) is 0 Å². The third-order valence-corrected chi connectivity index (χ3v) is 3.36. The first kappa shape index (κ1) is 16.4. The van der Waals surface area contributed by atoms with Crippen LogP contribution in [-0.2, 0) is 4.79 Å². The van der Waals surface area contributed by atoms with Crippen LogP contribution in [0.5, 0.6) is 0 Å². The van der Waals surface area contributed by atoms with Crippen LogP contribution in [0.2, 0.25) is 0 Å². The summed E-state index contributed by atoms with van der Waals surface area (Å²) in [4.78, 5) is 14.1. The van der Waals surface area contributed by atoms with Crippen molar-refractivity contribution in [2.24, 2.45) is 11.3 Å². The number of nitrogens with two attached hydrogens (primary N) is 1. The van der Waals surface area contributed by atoms with Crippen LogP contribution in [0.15, 0.2) is 0 Å². The van der Waals surface area contributed by atoms with E-state index in [0.29, 0.717) is 6.04 Å². The number of unbranched alkanes of at least 4 members (excludes halogenated alkanes) is 1. The van der Waals surface area contributed by atoms with Crippen molar-refractivity contribution in [3.8, 4) is 0 Å². The fraction of sp³-hybridized carbons (Fsp3) is 0.923. The summed E-state index contributed by atoms with van der Waals surface area (Å²) in [6, 6.07) is 0.506. The molecule has 0 aliphatic heterocycles. The lowest BCUT2D eigenvalue weighted by atomic mass is 9.91. The molecule has 17 heavy (non-hydrogen) atoms. The summed E-state index contributed by atoms with van der Waals surface area (Å²) in [5.74, 6) is 5.13. The van der Waals surface area contributed by atoms with Crippen LogP contribution in [0.4, 0.5) is 0 Å². The maximum Gasteiger partial charge on any atom is 0.240 e. The van der Waals surface area contributed by atoms with E-state index in [1.807, 2.05) is 13.8 Å². The van der Waals surface area contributed by atoms with Gasteiger partial charge in [0, 0.05) is 12.6 Å². The molecule has 3 N–H and O–H groups in total. The summed E-state index contributed by atoms with van der Waals surface area (Å²) >= 11 is 0. The molecule has 0 bridgehead atoms. The Bertz CT molecular complexity index is 229. The van der Waals surface area contributed by atoms with E-state index in [1.165, 1.54) is 12.8 Å². The quantitative estimate of drug-likeness (QED) is 0.389. The molecule has 0 saturated carbocycles. The first-order chi connectivity index (χ1) is 7.88. The SMILES string of the molecule is CCCCN(CC(C)(C)C(=O)NN)C(C)CC. The van der Waals surface area contributed by atoms with Crippen LogP contribution < -0.4 is 11.3 Å². The molecular weight excluding hydrogens is 214 g/mol. The number of carbonyl (C=O) groups is 1. The summed E-state index contributed by atoms with van der Waals surface area (Å²) in [6.45, 7) is 12.3. The normalized spacial score (nSPS) is 13.8. The molecule has 0 fully saturated rings. The highest BCUT2D eigenvalue weighted by molar-refractivity contribution is 5.81. The molecule has 0 aliphatic rings. The predicted octanol–water partition coefficient (Wildman–Crippen LogP) is 1.90. The Balaban J connectivity index is 4.55. The molecule has 0 aromatic carbocycles. The van der Waals surface area contributed by atoms with Gasteiger partial charge in [0.05, 0.1) is 5.41 Å². The second kappa shape index (κ2) is 7.67. The average molecular weight is 243 g/mol. The van der Waals surface area contributed by atoms with E-state index in [-0.39, 0.29) is 5.91 Å². The minimum Gasteiger partial charge on any atom is -0.300 e. The number of hydrazine groups is 1. The summed E-state index contributed by atoms with van der Waals surface area (Å²) in [5, 5.41) is 0. The maximum atomic E-state index is 11.7. The topological polar surface area (TPSA) is 58.4 Å². The highest BCUT2D eigenvalue weighted by Crippen LogP contribution is 2.20.